The predicted octanol–water partition coefficient (Wildman–Crippen LogP) is 2.55. The zero-order valence-corrected chi connectivity index (χ0v) is 11.4. The third-order valence-electron chi connectivity index (χ3n) is 3.50. The highest BCUT2D eigenvalue weighted by atomic mass is 16.5. The fourth-order valence-electron chi connectivity index (χ4n) is 1.85. The standard InChI is InChI=1S/C15H21NO2/c1-11-4-7-14(8-12(11)2)18-10-15(17)16(3)9-13-5-6-13/h4,7-8,13H,5-6,9-10H2,1-3H3. The maximum atomic E-state index is 11.8. The van der Waals surface area contributed by atoms with E-state index in [1.165, 1.54) is 24.0 Å². The number of nitrogens with zero attached hydrogens (tertiary/aromatic N) is 1. The van der Waals surface area contributed by atoms with Gasteiger partial charge in [0, 0.05) is 13.6 Å². The Hall–Kier alpha value is -1.51. The van der Waals surface area contributed by atoms with Gasteiger partial charge in [-0.3, -0.25) is 4.79 Å². The maximum absolute atomic E-state index is 11.8. The molecule has 0 heterocycles. The smallest absolute Gasteiger partial charge is 0.260 e. The van der Waals surface area contributed by atoms with Gasteiger partial charge in [0.2, 0.25) is 0 Å². The van der Waals surface area contributed by atoms with Crippen LogP contribution in [0.1, 0.15) is 24.0 Å². The van der Waals surface area contributed by atoms with Crippen LogP contribution >= 0.6 is 0 Å². The summed E-state index contributed by atoms with van der Waals surface area (Å²) in [6, 6.07) is 5.91. The molecule has 1 aromatic rings. The average molecular weight is 247 g/mol. The van der Waals surface area contributed by atoms with E-state index in [9.17, 15) is 4.79 Å². The van der Waals surface area contributed by atoms with Crippen molar-refractivity contribution in [2.75, 3.05) is 20.2 Å². The average Bonchev–Trinajstić information content (AvgIpc) is 3.14. The summed E-state index contributed by atoms with van der Waals surface area (Å²) in [5, 5.41) is 0. The lowest BCUT2D eigenvalue weighted by Crippen LogP contribution is -2.32. The lowest BCUT2D eigenvalue weighted by molar-refractivity contribution is -0.132. The van der Waals surface area contributed by atoms with Crippen LogP contribution in [0, 0.1) is 19.8 Å². The third-order valence-corrected chi connectivity index (χ3v) is 3.50. The van der Waals surface area contributed by atoms with Crippen LogP contribution in [0.3, 0.4) is 0 Å². The van der Waals surface area contributed by atoms with E-state index in [0.29, 0.717) is 0 Å². The Kier molecular flexibility index (Phi) is 3.90. The second-order valence-corrected chi connectivity index (χ2v) is 5.25. The molecule has 1 aliphatic rings. The molecule has 3 nitrogen and oxygen atoms in total. The first-order valence-electron chi connectivity index (χ1n) is 6.50. The molecular weight excluding hydrogens is 226 g/mol. The second-order valence-electron chi connectivity index (χ2n) is 5.25. The van der Waals surface area contributed by atoms with E-state index < -0.39 is 0 Å². The van der Waals surface area contributed by atoms with Gasteiger partial charge in [-0.1, -0.05) is 6.07 Å². The zero-order chi connectivity index (χ0) is 13.1. The van der Waals surface area contributed by atoms with Gasteiger partial charge in [0.1, 0.15) is 5.75 Å². The first-order valence-corrected chi connectivity index (χ1v) is 6.50. The van der Waals surface area contributed by atoms with Crippen LogP contribution in [0.25, 0.3) is 0 Å². The summed E-state index contributed by atoms with van der Waals surface area (Å²) in [4.78, 5) is 13.6. The summed E-state index contributed by atoms with van der Waals surface area (Å²) in [7, 11) is 1.85. The van der Waals surface area contributed by atoms with Crippen molar-refractivity contribution < 1.29 is 9.53 Å². The van der Waals surface area contributed by atoms with Crippen LogP contribution in [0.4, 0.5) is 0 Å². The van der Waals surface area contributed by atoms with Crippen LogP contribution < -0.4 is 4.74 Å². The molecule has 1 aliphatic carbocycles. The van der Waals surface area contributed by atoms with Crippen LogP contribution in [0.2, 0.25) is 0 Å². The largest absolute Gasteiger partial charge is 0.484 e. The molecule has 0 bridgehead atoms. The fraction of sp³-hybridized carbons (Fsp3) is 0.533. The van der Waals surface area contributed by atoms with Gasteiger partial charge >= 0.3 is 0 Å². The van der Waals surface area contributed by atoms with E-state index >= 15 is 0 Å². The molecule has 98 valence electrons. The Bertz CT molecular complexity index is 438. The fourth-order valence-corrected chi connectivity index (χ4v) is 1.85. The van der Waals surface area contributed by atoms with Crippen LogP contribution in [0.5, 0.6) is 5.75 Å². The molecule has 1 saturated carbocycles. The van der Waals surface area contributed by atoms with Gasteiger partial charge in [0.15, 0.2) is 6.61 Å². The molecule has 1 fully saturated rings. The Morgan fingerprint density at radius 3 is 2.67 bits per heavy atom. The lowest BCUT2D eigenvalue weighted by atomic mass is 10.1. The first kappa shape index (κ1) is 12.9. The number of rotatable bonds is 5. The highest BCUT2D eigenvalue weighted by Crippen LogP contribution is 2.29. The van der Waals surface area contributed by atoms with Gasteiger partial charge in [-0.2, -0.15) is 0 Å². The number of likely N-dealkylation sites (N-methyl/N-ethyl adjacent to an activating group) is 1. The van der Waals surface area contributed by atoms with Crippen LogP contribution in [-0.2, 0) is 4.79 Å². The van der Waals surface area contributed by atoms with Crippen molar-refractivity contribution >= 4 is 5.91 Å². The summed E-state index contributed by atoms with van der Waals surface area (Å²) in [6.45, 7) is 5.11. The number of ether oxygens (including phenoxy) is 1. The molecule has 0 aromatic heterocycles. The third kappa shape index (κ3) is 3.49. The van der Waals surface area contributed by atoms with Crippen LogP contribution in [-0.4, -0.2) is 31.0 Å². The molecule has 0 N–H and O–H groups in total. The number of aryl methyl sites for hydroxylation is 2. The monoisotopic (exact) mass is 247 g/mol. The van der Waals surface area contributed by atoms with Gasteiger partial charge in [-0.25, -0.2) is 0 Å². The molecule has 0 saturated heterocycles. The maximum Gasteiger partial charge on any atom is 0.260 e. The minimum absolute atomic E-state index is 0.0557. The Labute approximate surface area is 109 Å². The Morgan fingerprint density at radius 2 is 2.06 bits per heavy atom. The number of amides is 1. The summed E-state index contributed by atoms with van der Waals surface area (Å²) < 4.78 is 5.54. The van der Waals surface area contributed by atoms with Crippen molar-refractivity contribution in [2.24, 2.45) is 5.92 Å². The van der Waals surface area contributed by atoms with Gasteiger partial charge in [0.25, 0.3) is 5.91 Å². The number of carbonyl (C=O) groups is 1. The molecule has 1 amide bonds. The highest BCUT2D eigenvalue weighted by Gasteiger charge is 2.24. The summed E-state index contributed by atoms with van der Waals surface area (Å²) in [6.07, 6.45) is 2.52. The Morgan fingerprint density at radius 1 is 1.33 bits per heavy atom. The van der Waals surface area contributed by atoms with Crippen LogP contribution in [0.15, 0.2) is 18.2 Å². The van der Waals surface area contributed by atoms with Crippen molar-refractivity contribution in [3.63, 3.8) is 0 Å². The van der Waals surface area contributed by atoms with Gasteiger partial charge in [0.05, 0.1) is 0 Å². The molecule has 0 unspecified atom stereocenters. The summed E-state index contributed by atoms with van der Waals surface area (Å²) in [5.41, 5.74) is 2.42. The molecule has 0 radical (unpaired) electrons. The minimum atomic E-state index is 0.0557. The SMILES string of the molecule is Cc1ccc(OCC(=O)N(C)CC2CC2)cc1C. The quantitative estimate of drug-likeness (QED) is 0.800. The molecule has 0 atom stereocenters. The molecule has 18 heavy (non-hydrogen) atoms. The molecular formula is C15H21NO2. The molecule has 2 rings (SSSR count). The molecule has 1 aromatic carbocycles. The number of benzene rings is 1. The number of carbonyl (C=O) groups excluding carboxylic acids is 1. The summed E-state index contributed by atoms with van der Waals surface area (Å²) >= 11 is 0. The highest BCUT2D eigenvalue weighted by molar-refractivity contribution is 5.77. The van der Waals surface area contributed by atoms with Crippen molar-refractivity contribution in [1.29, 1.82) is 0 Å². The van der Waals surface area contributed by atoms with E-state index in [0.717, 1.165) is 18.2 Å². The van der Waals surface area contributed by atoms with Gasteiger partial charge in [-0.15, -0.1) is 0 Å². The summed E-state index contributed by atoms with van der Waals surface area (Å²) in [5.74, 6) is 1.55. The van der Waals surface area contributed by atoms with Crippen molar-refractivity contribution in [2.45, 2.75) is 26.7 Å². The van der Waals surface area contributed by atoms with Gasteiger partial charge in [-0.05, 0) is 55.9 Å². The van der Waals surface area contributed by atoms with E-state index in [1.807, 2.05) is 32.2 Å². The van der Waals surface area contributed by atoms with Crippen molar-refractivity contribution in [3.05, 3.63) is 29.3 Å². The van der Waals surface area contributed by atoms with Gasteiger partial charge < -0.3 is 9.64 Å². The molecule has 3 heteroatoms. The zero-order valence-electron chi connectivity index (χ0n) is 11.4. The van der Waals surface area contributed by atoms with Crippen molar-refractivity contribution in [1.82, 2.24) is 4.90 Å². The normalized spacial score (nSPS) is 14.4. The predicted molar refractivity (Wildman–Crippen MR) is 71.8 cm³/mol. The number of hydrogen-bond acceptors (Lipinski definition) is 2. The van der Waals surface area contributed by atoms with E-state index in [2.05, 4.69) is 6.92 Å². The number of hydrogen-bond donors (Lipinski definition) is 0. The minimum Gasteiger partial charge on any atom is -0.484 e. The molecule has 0 spiro atoms. The van der Waals surface area contributed by atoms with Crippen molar-refractivity contribution in [3.8, 4) is 5.75 Å². The second kappa shape index (κ2) is 5.42. The Balaban J connectivity index is 1.82. The van der Waals surface area contributed by atoms with E-state index in [-0.39, 0.29) is 12.5 Å². The van der Waals surface area contributed by atoms with E-state index in [4.69, 9.17) is 4.74 Å². The lowest BCUT2D eigenvalue weighted by Gasteiger charge is -2.17. The van der Waals surface area contributed by atoms with E-state index in [1.54, 1.807) is 4.90 Å². The topological polar surface area (TPSA) is 29.5 Å². The first-order chi connectivity index (χ1) is 8.56. The molecule has 0 aliphatic heterocycles.